The molecule has 2 N–H and O–H groups in total. The predicted molar refractivity (Wildman–Crippen MR) is 180 cm³/mol. The maximum atomic E-state index is 13.3. The fraction of sp³-hybridized carbons (Fsp3) is 0.263. The van der Waals surface area contributed by atoms with Crippen LogP contribution in [-0.4, -0.2) is 46.9 Å². The smallest absolute Gasteiger partial charge is 0.343 e. The van der Waals surface area contributed by atoms with Crippen molar-refractivity contribution < 1.29 is 38.1 Å². The Morgan fingerprint density at radius 2 is 1.33 bits per heavy atom. The first-order valence-electron chi connectivity index (χ1n) is 15.9. The Morgan fingerprint density at radius 1 is 0.729 bits per heavy atom. The monoisotopic (exact) mass is 654 g/mol. The number of rotatable bonds is 17. The minimum Gasteiger partial charge on any atom is -0.494 e. The highest BCUT2D eigenvalue weighted by molar-refractivity contribution is 5.97. The minimum atomic E-state index is -1.18. The summed E-state index contributed by atoms with van der Waals surface area (Å²) in [7, 11) is 0. The summed E-state index contributed by atoms with van der Waals surface area (Å²) < 4.78 is 24.4. The summed E-state index contributed by atoms with van der Waals surface area (Å²) >= 11 is 0. The minimum absolute atomic E-state index is 0.00438. The van der Waals surface area contributed by atoms with Crippen LogP contribution in [0.4, 0.5) is 10.1 Å². The van der Waals surface area contributed by atoms with Crippen molar-refractivity contribution in [1.29, 1.82) is 0 Å². The van der Waals surface area contributed by atoms with E-state index in [0.717, 1.165) is 12.8 Å². The van der Waals surface area contributed by atoms with Crippen LogP contribution in [-0.2, 0) is 22.6 Å². The van der Waals surface area contributed by atoms with Crippen molar-refractivity contribution in [1.82, 2.24) is 4.90 Å². The van der Waals surface area contributed by atoms with E-state index in [4.69, 9.17) is 9.47 Å². The summed E-state index contributed by atoms with van der Waals surface area (Å²) in [6.45, 7) is 2.26. The van der Waals surface area contributed by atoms with Gasteiger partial charge in [-0.25, -0.2) is 9.18 Å². The molecule has 0 fully saturated rings. The Hall–Kier alpha value is -5.51. The number of hydrogen-bond acceptors (Lipinski definition) is 6. The van der Waals surface area contributed by atoms with Gasteiger partial charge in [0.2, 0.25) is 5.91 Å². The number of carboxylic acid groups (broad SMARTS) is 1. The molecule has 0 heterocycles. The number of carbonyl (C=O) groups excluding carboxylic acids is 3. The maximum absolute atomic E-state index is 13.3. The molecule has 0 atom stereocenters. The van der Waals surface area contributed by atoms with Crippen molar-refractivity contribution >= 4 is 29.4 Å². The third-order valence-electron chi connectivity index (χ3n) is 7.42. The van der Waals surface area contributed by atoms with E-state index in [-0.39, 0.29) is 30.3 Å². The number of aliphatic carboxylic acids is 1. The first-order valence-corrected chi connectivity index (χ1v) is 15.9. The molecule has 0 aliphatic carbocycles. The van der Waals surface area contributed by atoms with Crippen molar-refractivity contribution in [3.8, 4) is 11.5 Å². The zero-order chi connectivity index (χ0) is 34.3. The largest absolute Gasteiger partial charge is 0.494 e. The topological polar surface area (TPSA) is 122 Å². The molecule has 250 valence electrons. The second-order valence-corrected chi connectivity index (χ2v) is 11.3. The van der Waals surface area contributed by atoms with E-state index < -0.39 is 24.4 Å². The van der Waals surface area contributed by atoms with Crippen LogP contribution in [0, 0.1) is 5.82 Å². The molecule has 10 heteroatoms. The number of hydrogen-bond donors (Lipinski definition) is 2. The Morgan fingerprint density at radius 3 is 1.98 bits per heavy atom. The molecule has 4 rings (SSSR count). The Balaban J connectivity index is 1.29. The van der Waals surface area contributed by atoms with Gasteiger partial charge in [-0.3, -0.25) is 14.4 Å². The summed E-state index contributed by atoms with van der Waals surface area (Å²) in [4.78, 5) is 51.1. The normalized spacial score (nSPS) is 10.6. The van der Waals surface area contributed by atoms with Gasteiger partial charge < -0.3 is 24.8 Å². The first kappa shape index (κ1) is 35.3. The van der Waals surface area contributed by atoms with Gasteiger partial charge in [-0.05, 0) is 90.3 Å². The van der Waals surface area contributed by atoms with Crippen LogP contribution in [0.15, 0.2) is 97.1 Å². The summed E-state index contributed by atoms with van der Waals surface area (Å²) in [5, 5.41) is 12.2. The van der Waals surface area contributed by atoms with Gasteiger partial charge in [0, 0.05) is 17.8 Å². The fourth-order valence-electron chi connectivity index (χ4n) is 4.87. The molecular weight excluding hydrogens is 615 g/mol. The molecule has 0 spiro atoms. The highest BCUT2D eigenvalue weighted by Gasteiger charge is 2.20. The average molecular weight is 655 g/mol. The predicted octanol–water partition coefficient (Wildman–Crippen LogP) is 7.30. The molecule has 0 unspecified atom stereocenters. The lowest BCUT2D eigenvalue weighted by Gasteiger charge is -2.21. The number of nitrogens with zero attached hydrogens (tertiary/aromatic N) is 1. The first-order chi connectivity index (χ1) is 23.2. The molecule has 0 bridgehead atoms. The van der Waals surface area contributed by atoms with Gasteiger partial charge in [0.05, 0.1) is 18.6 Å². The fourth-order valence-corrected chi connectivity index (χ4v) is 4.87. The van der Waals surface area contributed by atoms with E-state index in [2.05, 4.69) is 12.2 Å². The number of unbranched alkanes of at least 4 members (excludes halogenated alkanes) is 4. The summed E-state index contributed by atoms with van der Waals surface area (Å²) in [6, 6.07) is 25.0. The third-order valence-corrected chi connectivity index (χ3v) is 7.42. The van der Waals surface area contributed by atoms with E-state index in [1.165, 1.54) is 60.6 Å². The van der Waals surface area contributed by atoms with Crippen LogP contribution in [0.1, 0.15) is 70.9 Å². The van der Waals surface area contributed by atoms with Gasteiger partial charge in [0.15, 0.2) is 0 Å². The standard InChI is InChI=1S/C38H39FN2O7/c1-2-3-4-5-6-23-47-33-21-13-30(14-22-33)38(46)48-34-19-9-28(10-20-34)25-41(26-36(43)44)37(45)29-11-17-32(18-12-29)40-35(42)24-27-7-15-31(39)16-8-27/h7-22H,2-6,23-26H2,1H3,(H,40,42)(H,43,44). The molecule has 4 aromatic carbocycles. The van der Waals surface area contributed by atoms with E-state index in [9.17, 15) is 28.7 Å². The number of carbonyl (C=O) groups is 4. The van der Waals surface area contributed by atoms with Crippen molar-refractivity contribution in [2.24, 2.45) is 0 Å². The van der Waals surface area contributed by atoms with Crippen molar-refractivity contribution in [2.45, 2.75) is 52.0 Å². The quantitative estimate of drug-likeness (QED) is 0.0696. The van der Waals surface area contributed by atoms with E-state index in [1.807, 2.05) is 0 Å². The summed E-state index contributed by atoms with van der Waals surface area (Å²) in [5.74, 6) is -1.94. The lowest BCUT2D eigenvalue weighted by atomic mass is 10.1. The molecule has 0 aliphatic rings. The third kappa shape index (κ3) is 11.4. The number of nitrogens with one attached hydrogen (secondary N) is 1. The van der Waals surface area contributed by atoms with Crippen LogP contribution >= 0.6 is 0 Å². The van der Waals surface area contributed by atoms with E-state index in [1.54, 1.807) is 60.7 Å². The SMILES string of the molecule is CCCCCCCOc1ccc(C(=O)Oc2ccc(CN(CC(=O)O)C(=O)c3ccc(NC(=O)Cc4ccc(F)cc4)cc3)cc2)cc1. The average Bonchev–Trinajstić information content (AvgIpc) is 3.08. The van der Waals surface area contributed by atoms with Crippen LogP contribution in [0.25, 0.3) is 0 Å². The molecule has 0 saturated heterocycles. The molecule has 48 heavy (non-hydrogen) atoms. The van der Waals surface area contributed by atoms with Gasteiger partial charge in [-0.1, -0.05) is 56.9 Å². The highest BCUT2D eigenvalue weighted by Crippen LogP contribution is 2.20. The van der Waals surface area contributed by atoms with Gasteiger partial charge in [-0.15, -0.1) is 0 Å². The molecule has 2 amide bonds. The van der Waals surface area contributed by atoms with Crippen LogP contribution in [0.3, 0.4) is 0 Å². The highest BCUT2D eigenvalue weighted by atomic mass is 19.1. The number of carboxylic acids is 1. The van der Waals surface area contributed by atoms with Gasteiger partial charge >= 0.3 is 11.9 Å². The lowest BCUT2D eigenvalue weighted by Crippen LogP contribution is -2.35. The number of benzene rings is 4. The van der Waals surface area contributed by atoms with Crippen LogP contribution in [0.2, 0.25) is 0 Å². The van der Waals surface area contributed by atoms with E-state index >= 15 is 0 Å². The second kappa shape index (κ2) is 18.0. The number of halogens is 1. The molecule has 4 aromatic rings. The van der Waals surface area contributed by atoms with E-state index in [0.29, 0.717) is 40.5 Å². The van der Waals surface area contributed by atoms with Crippen molar-refractivity contribution in [3.05, 3.63) is 125 Å². The number of ether oxygens (including phenoxy) is 2. The Kier molecular flexibility index (Phi) is 13.2. The molecule has 0 aliphatic heterocycles. The summed E-state index contributed by atoms with van der Waals surface area (Å²) in [6.07, 6.45) is 5.78. The number of anilines is 1. The Labute approximate surface area is 279 Å². The van der Waals surface area contributed by atoms with Crippen molar-refractivity contribution in [3.63, 3.8) is 0 Å². The zero-order valence-electron chi connectivity index (χ0n) is 26.8. The molecule has 0 aromatic heterocycles. The lowest BCUT2D eigenvalue weighted by molar-refractivity contribution is -0.137. The van der Waals surface area contributed by atoms with Crippen LogP contribution < -0.4 is 14.8 Å². The zero-order valence-corrected chi connectivity index (χ0v) is 26.8. The molecular formula is C38H39FN2O7. The van der Waals surface area contributed by atoms with Gasteiger partial charge in [0.25, 0.3) is 5.91 Å². The second-order valence-electron chi connectivity index (χ2n) is 11.3. The van der Waals surface area contributed by atoms with Crippen LogP contribution in [0.5, 0.6) is 11.5 Å². The van der Waals surface area contributed by atoms with Gasteiger partial charge in [0.1, 0.15) is 23.9 Å². The van der Waals surface area contributed by atoms with Crippen molar-refractivity contribution in [2.75, 3.05) is 18.5 Å². The molecule has 9 nitrogen and oxygen atoms in total. The number of esters is 1. The molecule has 0 saturated carbocycles. The maximum Gasteiger partial charge on any atom is 0.343 e. The molecule has 0 radical (unpaired) electrons. The Bertz CT molecular complexity index is 1660. The number of amides is 2. The summed E-state index contributed by atoms with van der Waals surface area (Å²) in [5.41, 5.74) is 2.33. The van der Waals surface area contributed by atoms with Gasteiger partial charge in [-0.2, -0.15) is 0 Å².